The first-order valence-electron chi connectivity index (χ1n) is 5.37. The van der Waals surface area contributed by atoms with Gasteiger partial charge in [-0.05, 0) is 12.3 Å². The molecule has 0 unspecified atom stereocenters. The number of carbonyl (C=O) groups is 3. The Morgan fingerprint density at radius 3 is 2.38 bits per heavy atom. The summed E-state index contributed by atoms with van der Waals surface area (Å²) in [5, 5.41) is 2.68. The van der Waals surface area contributed by atoms with Gasteiger partial charge in [0.1, 0.15) is 5.92 Å². The molecule has 16 heavy (non-hydrogen) atoms. The highest BCUT2D eigenvalue weighted by Crippen LogP contribution is 2.07. The Morgan fingerprint density at radius 1 is 1.31 bits per heavy atom. The van der Waals surface area contributed by atoms with E-state index in [1.807, 2.05) is 0 Å². The average molecular weight is 227 g/mol. The van der Waals surface area contributed by atoms with E-state index in [1.54, 1.807) is 0 Å². The Hall–Kier alpha value is -1.59. The summed E-state index contributed by atoms with van der Waals surface area (Å²) in [4.78, 5) is 33.7. The Labute approximate surface area is 94.1 Å². The van der Waals surface area contributed by atoms with E-state index >= 15 is 0 Å². The maximum Gasteiger partial charge on any atom is 0.251 e. The second-order valence-corrected chi connectivity index (χ2v) is 4.27. The molecule has 6 heteroatoms. The van der Waals surface area contributed by atoms with Crippen molar-refractivity contribution in [3.05, 3.63) is 0 Å². The summed E-state index contributed by atoms with van der Waals surface area (Å²) >= 11 is 0. The van der Waals surface area contributed by atoms with Crippen LogP contribution in [-0.4, -0.2) is 24.3 Å². The lowest BCUT2D eigenvalue weighted by Gasteiger charge is -2.08. The van der Waals surface area contributed by atoms with Gasteiger partial charge < -0.3 is 5.32 Å². The second kappa shape index (κ2) is 5.48. The van der Waals surface area contributed by atoms with Crippen molar-refractivity contribution in [2.75, 3.05) is 6.54 Å². The van der Waals surface area contributed by atoms with E-state index in [2.05, 4.69) is 30.0 Å². The first kappa shape index (κ1) is 12.5. The van der Waals surface area contributed by atoms with Crippen LogP contribution in [0.2, 0.25) is 0 Å². The highest BCUT2D eigenvalue weighted by atomic mass is 16.2. The molecule has 1 rings (SSSR count). The predicted molar refractivity (Wildman–Crippen MR) is 56.9 cm³/mol. The number of amides is 3. The number of hydrazine groups is 1. The lowest BCUT2D eigenvalue weighted by Crippen LogP contribution is -2.31. The van der Waals surface area contributed by atoms with Gasteiger partial charge in [-0.2, -0.15) is 0 Å². The minimum atomic E-state index is -0.890. The minimum Gasteiger partial charge on any atom is -0.356 e. The lowest BCUT2D eigenvalue weighted by molar-refractivity contribution is -0.133. The number of hydrogen-bond donors (Lipinski definition) is 3. The fraction of sp³-hybridized carbons (Fsp3) is 0.700. The molecule has 0 radical (unpaired) electrons. The van der Waals surface area contributed by atoms with Gasteiger partial charge in [-0.15, -0.1) is 0 Å². The van der Waals surface area contributed by atoms with Gasteiger partial charge in [0.15, 0.2) is 0 Å². The molecule has 0 bridgehead atoms. The summed E-state index contributed by atoms with van der Waals surface area (Å²) in [6.45, 7) is 4.69. The van der Waals surface area contributed by atoms with Crippen molar-refractivity contribution in [2.24, 2.45) is 11.8 Å². The summed E-state index contributed by atoms with van der Waals surface area (Å²) in [5.74, 6) is -1.52. The van der Waals surface area contributed by atoms with Crippen LogP contribution in [0, 0.1) is 11.8 Å². The molecule has 6 nitrogen and oxygen atoms in total. The zero-order valence-corrected chi connectivity index (χ0v) is 9.50. The fourth-order valence-corrected chi connectivity index (χ4v) is 1.36. The van der Waals surface area contributed by atoms with E-state index in [4.69, 9.17) is 0 Å². The van der Waals surface area contributed by atoms with Crippen LogP contribution in [0.25, 0.3) is 0 Å². The van der Waals surface area contributed by atoms with Crippen LogP contribution in [0.3, 0.4) is 0 Å². The van der Waals surface area contributed by atoms with Gasteiger partial charge in [-0.3, -0.25) is 25.2 Å². The Kier molecular flexibility index (Phi) is 4.28. The van der Waals surface area contributed by atoms with Crippen LogP contribution in [0.4, 0.5) is 0 Å². The number of hydrogen-bond acceptors (Lipinski definition) is 3. The molecule has 1 heterocycles. The number of carbonyl (C=O) groups excluding carboxylic acids is 3. The van der Waals surface area contributed by atoms with Gasteiger partial charge in [0.2, 0.25) is 5.91 Å². The molecule has 0 spiro atoms. The lowest BCUT2D eigenvalue weighted by atomic mass is 10.1. The SMILES string of the molecule is CC(C)CCNC(=O)CC1C(=O)NNC1=O. The molecule has 0 aromatic carbocycles. The van der Waals surface area contributed by atoms with E-state index in [-0.39, 0.29) is 12.3 Å². The van der Waals surface area contributed by atoms with Crippen LogP contribution in [0.15, 0.2) is 0 Å². The van der Waals surface area contributed by atoms with Gasteiger partial charge in [0.05, 0.1) is 0 Å². The highest BCUT2D eigenvalue weighted by molar-refractivity contribution is 6.07. The average Bonchev–Trinajstić information content (AvgIpc) is 2.49. The number of rotatable bonds is 5. The summed E-state index contributed by atoms with van der Waals surface area (Å²) in [5.41, 5.74) is 4.36. The topological polar surface area (TPSA) is 87.3 Å². The first-order chi connectivity index (χ1) is 7.50. The molecular weight excluding hydrogens is 210 g/mol. The Bertz CT molecular complexity index is 286. The van der Waals surface area contributed by atoms with E-state index < -0.39 is 17.7 Å². The molecule has 0 aromatic rings. The van der Waals surface area contributed by atoms with Crippen LogP contribution in [-0.2, 0) is 14.4 Å². The minimum absolute atomic E-state index is 0.0875. The molecule has 1 aliphatic heterocycles. The molecule has 0 aromatic heterocycles. The van der Waals surface area contributed by atoms with Gasteiger partial charge in [0.25, 0.3) is 11.8 Å². The second-order valence-electron chi connectivity index (χ2n) is 4.27. The third-order valence-corrected chi connectivity index (χ3v) is 2.38. The maximum atomic E-state index is 11.4. The van der Waals surface area contributed by atoms with Crippen molar-refractivity contribution in [3.63, 3.8) is 0 Å². The molecule has 90 valence electrons. The largest absolute Gasteiger partial charge is 0.356 e. The molecule has 3 N–H and O–H groups in total. The van der Waals surface area contributed by atoms with E-state index in [9.17, 15) is 14.4 Å². The molecule has 0 saturated carbocycles. The standard InChI is InChI=1S/C10H17N3O3/c1-6(2)3-4-11-8(14)5-7-9(15)12-13-10(7)16/h6-7H,3-5H2,1-2H3,(H,11,14)(H,12,15)(H,13,16). The summed E-state index contributed by atoms with van der Waals surface area (Å²) < 4.78 is 0. The van der Waals surface area contributed by atoms with Crippen LogP contribution < -0.4 is 16.2 Å². The molecular formula is C10H17N3O3. The van der Waals surface area contributed by atoms with Crippen molar-refractivity contribution in [1.29, 1.82) is 0 Å². The Balaban J connectivity index is 2.28. The molecule has 1 aliphatic rings. The van der Waals surface area contributed by atoms with Gasteiger partial charge in [-0.1, -0.05) is 13.8 Å². The van der Waals surface area contributed by atoms with Gasteiger partial charge in [0, 0.05) is 13.0 Å². The van der Waals surface area contributed by atoms with Crippen molar-refractivity contribution in [3.8, 4) is 0 Å². The molecule has 1 fully saturated rings. The normalized spacial score (nSPS) is 16.2. The first-order valence-corrected chi connectivity index (χ1v) is 5.37. The molecule has 1 saturated heterocycles. The van der Waals surface area contributed by atoms with Gasteiger partial charge in [-0.25, -0.2) is 0 Å². The van der Waals surface area contributed by atoms with Crippen molar-refractivity contribution in [1.82, 2.24) is 16.2 Å². The smallest absolute Gasteiger partial charge is 0.251 e. The summed E-state index contributed by atoms with van der Waals surface area (Å²) in [6.07, 6.45) is 0.796. The van der Waals surface area contributed by atoms with E-state index in [0.29, 0.717) is 12.5 Å². The van der Waals surface area contributed by atoms with Crippen LogP contribution in [0.5, 0.6) is 0 Å². The monoisotopic (exact) mass is 227 g/mol. The zero-order chi connectivity index (χ0) is 12.1. The van der Waals surface area contributed by atoms with Gasteiger partial charge >= 0.3 is 0 Å². The van der Waals surface area contributed by atoms with Crippen molar-refractivity contribution < 1.29 is 14.4 Å². The fourth-order valence-electron chi connectivity index (χ4n) is 1.36. The maximum absolute atomic E-state index is 11.4. The van der Waals surface area contributed by atoms with Crippen LogP contribution in [0.1, 0.15) is 26.7 Å². The molecule has 3 amide bonds. The third-order valence-electron chi connectivity index (χ3n) is 2.38. The quantitative estimate of drug-likeness (QED) is 0.544. The van der Waals surface area contributed by atoms with Crippen molar-refractivity contribution in [2.45, 2.75) is 26.7 Å². The number of nitrogens with one attached hydrogen (secondary N) is 3. The zero-order valence-electron chi connectivity index (χ0n) is 9.50. The van der Waals surface area contributed by atoms with E-state index in [0.717, 1.165) is 6.42 Å². The Morgan fingerprint density at radius 2 is 1.88 bits per heavy atom. The summed E-state index contributed by atoms with van der Waals surface area (Å²) in [7, 11) is 0. The molecule has 0 aliphatic carbocycles. The highest BCUT2D eigenvalue weighted by Gasteiger charge is 2.34. The van der Waals surface area contributed by atoms with Crippen molar-refractivity contribution >= 4 is 17.7 Å². The molecule has 0 atom stereocenters. The third kappa shape index (κ3) is 3.52. The van der Waals surface area contributed by atoms with E-state index in [1.165, 1.54) is 0 Å². The predicted octanol–water partition coefficient (Wildman–Crippen LogP) is -0.684. The summed E-state index contributed by atoms with van der Waals surface area (Å²) in [6, 6.07) is 0. The van der Waals surface area contributed by atoms with Crippen LogP contribution >= 0.6 is 0 Å².